The highest BCUT2D eigenvalue weighted by Gasteiger charge is 2.11. The van der Waals surface area contributed by atoms with E-state index >= 15 is 0 Å². The molecule has 2 aromatic heterocycles. The van der Waals surface area contributed by atoms with Gasteiger partial charge in [0.1, 0.15) is 5.76 Å². The Morgan fingerprint density at radius 3 is 2.76 bits per heavy atom. The van der Waals surface area contributed by atoms with Gasteiger partial charge in [-0.05, 0) is 55.6 Å². The quantitative estimate of drug-likeness (QED) is 0.432. The van der Waals surface area contributed by atoms with Crippen LogP contribution in [0.15, 0.2) is 26.3 Å². The lowest BCUT2D eigenvalue weighted by Crippen LogP contribution is -2.38. The molecule has 0 amide bonds. The summed E-state index contributed by atoms with van der Waals surface area (Å²) in [7, 11) is 4.12. The van der Waals surface area contributed by atoms with Crippen LogP contribution in [0.5, 0.6) is 0 Å². The number of nitrogens with one attached hydrogen (secondary N) is 1. The molecule has 0 aromatic carbocycles. The highest BCUT2D eigenvalue weighted by molar-refractivity contribution is 9.10. The molecule has 138 valence electrons. The first-order chi connectivity index (χ1) is 11.9. The zero-order valence-corrected chi connectivity index (χ0v) is 17.4. The molecule has 0 unspecified atom stereocenters. The van der Waals surface area contributed by atoms with E-state index in [0.717, 1.165) is 54.4 Å². The third kappa shape index (κ3) is 5.36. The lowest BCUT2D eigenvalue weighted by atomic mass is 10.1. The van der Waals surface area contributed by atoms with Crippen LogP contribution in [0, 0.1) is 13.8 Å². The summed E-state index contributed by atoms with van der Waals surface area (Å²) in [6, 6.07) is 2.14. The SMILES string of the molecule is CCNC(=NCCCc1c(C)noc1C)N(C)Cc1cc(Br)cn1C. The average Bonchev–Trinajstić information content (AvgIpc) is 3.04. The van der Waals surface area contributed by atoms with Crippen molar-refractivity contribution in [1.82, 2.24) is 19.9 Å². The van der Waals surface area contributed by atoms with Crippen LogP contribution in [0.1, 0.15) is 36.1 Å². The number of hydrogen-bond acceptors (Lipinski definition) is 3. The molecule has 1 N–H and O–H groups in total. The molecule has 2 rings (SSSR count). The molecule has 0 radical (unpaired) electrons. The first kappa shape index (κ1) is 19.6. The molecule has 25 heavy (non-hydrogen) atoms. The van der Waals surface area contributed by atoms with Gasteiger partial charge in [-0.2, -0.15) is 0 Å². The third-order valence-electron chi connectivity index (χ3n) is 4.20. The molecule has 0 aliphatic heterocycles. The lowest BCUT2D eigenvalue weighted by molar-refractivity contribution is 0.392. The maximum Gasteiger partial charge on any atom is 0.194 e. The van der Waals surface area contributed by atoms with Gasteiger partial charge in [-0.15, -0.1) is 0 Å². The Morgan fingerprint density at radius 1 is 1.44 bits per heavy atom. The van der Waals surface area contributed by atoms with Crippen molar-refractivity contribution in [3.05, 3.63) is 39.4 Å². The first-order valence-electron chi connectivity index (χ1n) is 8.64. The Labute approximate surface area is 158 Å². The topological polar surface area (TPSA) is 58.6 Å². The number of aromatic nitrogens is 2. The molecule has 7 heteroatoms. The van der Waals surface area contributed by atoms with Crippen LogP contribution in [0.4, 0.5) is 0 Å². The molecule has 2 heterocycles. The molecule has 2 aromatic rings. The van der Waals surface area contributed by atoms with Crippen molar-refractivity contribution in [3.8, 4) is 0 Å². The maximum atomic E-state index is 5.22. The summed E-state index contributed by atoms with van der Waals surface area (Å²) >= 11 is 3.52. The monoisotopic (exact) mass is 409 g/mol. The molecular formula is C18H28BrN5O. The Kier molecular flexibility index (Phi) is 7.11. The number of nitrogens with zero attached hydrogens (tertiary/aromatic N) is 4. The standard InChI is InChI=1S/C18H28BrN5O/c1-6-20-18(24(5)12-16-10-15(19)11-23(16)4)21-9-7-8-17-13(2)22-25-14(17)3/h10-11H,6-9,12H2,1-5H3,(H,20,21). The van der Waals surface area contributed by atoms with Crippen LogP contribution in [0.3, 0.4) is 0 Å². The summed E-state index contributed by atoms with van der Waals surface area (Å²) in [5, 5.41) is 7.38. The Balaban J connectivity index is 1.94. The van der Waals surface area contributed by atoms with E-state index in [1.54, 1.807) is 0 Å². The van der Waals surface area contributed by atoms with Gasteiger partial charge >= 0.3 is 0 Å². The van der Waals surface area contributed by atoms with Gasteiger partial charge in [-0.25, -0.2) is 0 Å². The van der Waals surface area contributed by atoms with Gasteiger partial charge in [-0.1, -0.05) is 5.16 Å². The summed E-state index contributed by atoms with van der Waals surface area (Å²) in [5.74, 6) is 1.85. The normalized spacial score (nSPS) is 11.8. The summed E-state index contributed by atoms with van der Waals surface area (Å²) in [6.45, 7) is 8.47. The van der Waals surface area contributed by atoms with Gasteiger partial charge in [0.15, 0.2) is 5.96 Å². The minimum absolute atomic E-state index is 0.771. The lowest BCUT2D eigenvalue weighted by Gasteiger charge is -2.22. The van der Waals surface area contributed by atoms with Crippen LogP contribution >= 0.6 is 15.9 Å². The van der Waals surface area contributed by atoms with Crippen LogP contribution in [0.25, 0.3) is 0 Å². The minimum Gasteiger partial charge on any atom is -0.361 e. The van der Waals surface area contributed by atoms with E-state index in [1.165, 1.54) is 11.3 Å². The molecule has 0 atom stereocenters. The second-order valence-corrected chi connectivity index (χ2v) is 7.17. The fourth-order valence-corrected chi connectivity index (χ4v) is 3.38. The van der Waals surface area contributed by atoms with Crippen molar-refractivity contribution in [2.45, 2.75) is 40.2 Å². The van der Waals surface area contributed by atoms with Crippen molar-refractivity contribution < 1.29 is 4.52 Å². The fourth-order valence-electron chi connectivity index (χ4n) is 2.81. The summed E-state index contributed by atoms with van der Waals surface area (Å²) in [4.78, 5) is 6.92. The Morgan fingerprint density at radius 2 is 2.20 bits per heavy atom. The van der Waals surface area contributed by atoms with Gasteiger partial charge in [0, 0.05) is 49.1 Å². The van der Waals surface area contributed by atoms with Crippen LogP contribution in [-0.4, -0.2) is 40.7 Å². The smallest absolute Gasteiger partial charge is 0.194 e. The molecule has 0 bridgehead atoms. The van der Waals surface area contributed by atoms with Gasteiger partial charge in [0.25, 0.3) is 0 Å². The van der Waals surface area contributed by atoms with E-state index in [1.807, 2.05) is 13.8 Å². The molecule has 6 nitrogen and oxygen atoms in total. The summed E-state index contributed by atoms with van der Waals surface area (Å²) in [5.41, 5.74) is 3.43. The summed E-state index contributed by atoms with van der Waals surface area (Å²) in [6.07, 6.45) is 3.98. The van der Waals surface area contributed by atoms with Crippen LogP contribution in [-0.2, 0) is 20.0 Å². The Bertz CT molecular complexity index is 700. The molecule has 0 spiro atoms. The zero-order valence-electron chi connectivity index (χ0n) is 15.8. The molecule has 0 aliphatic carbocycles. The first-order valence-corrected chi connectivity index (χ1v) is 9.43. The van der Waals surface area contributed by atoms with Crippen LogP contribution in [0.2, 0.25) is 0 Å². The van der Waals surface area contributed by atoms with Gasteiger partial charge in [-0.3, -0.25) is 4.99 Å². The van der Waals surface area contributed by atoms with Crippen molar-refractivity contribution in [2.75, 3.05) is 20.1 Å². The molecule has 0 saturated carbocycles. The molecule has 0 fully saturated rings. The van der Waals surface area contributed by atoms with Crippen LogP contribution < -0.4 is 5.32 Å². The van der Waals surface area contributed by atoms with E-state index in [9.17, 15) is 0 Å². The van der Waals surface area contributed by atoms with E-state index in [0.29, 0.717) is 0 Å². The van der Waals surface area contributed by atoms with Crippen molar-refractivity contribution in [3.63, 3.8) is 0 Å². The van der Waals surface area contributed by atoms with E-state index in [4.69, 9.17) is 9.52 Å². The largest absolute Gasteiger partial charge is 0.361 e. The second-order valence-electron chi connectivity index (χ2n) is 6.26. The highest BCUT2D eigenvalue weighted by Crippen LogP contribution is 2.16. The number of guanidine groups is 1. The van der Waals surface area contributed by atoms with E-state index in [-0.39, 0.29) is 0 Å². The fraction of sp³-hybridized carbons (Fsp3) is 0.556. The number of halogens is 1. The van der Waals surface area contributed by atoms with Crippen molar-refractivity contribution >= 4 is 21.9 Å². The third-order valence-corrected chi connectivity index (χ3v) is 4.63. The number of aliphatic imine (C=N–C) groups is 1. The number of rotatable bonds is 7. The molecule has 0 saturated heterocycles. The zero-order chi connectivity index (χ0) is 18.4. The van der Waals surface area contributed by atoms with E-state index in [2.05, 4.69) is 69.2 Å². The predicted molar refractivity (Wildman–Crippen MR) is 105 cm³/mol. The number of aryl methyl sites for hydroxylation is 3. The maximum absolute atomic E-state index is 5.22. The minimum atomic E-state index is 0.771. The van der Waals surface area contributed by atoms with E-state index < -0.39 is 0 Å². The summed E-state index contributed by atoms with van der Waals surface area (Å²) < 4.78 is 8.44. The molecule has 0 aliphatic rings. The number of hydrogen-bond donors (Lipinski definition) is 1. The second kappa shape index (κ2) is 9.08. The molecular weight excluding hydrogens is 382 g/mol. The average molecular weight is 410 g/mol. The van der Waals surface area contributed by atoms with Crippen molar-refractivity contribution in [1.29, 1.82) is 0 Å². The Hall–Kier alpha value is -1.76. The highest BCUT2D eigenvalue weighted by atomic mass is 79.9. The van der Waals surface area contributed by atoms with Crippen molar-refractivity contribution in [2.24, 2.45) is 12.0 Å². The van der Waals surface area contributed by atoms with Gasteiger partial charge in [0.05, 0.1) is 12.2 Å². The van der Waals surface area contributed by atoms with Gasteiger partial charge in [0.2, 0.25) is 0 Å². The predicted octanol–water partition coefficient (Wildman–Crippen LogP) is 3.42. The van der Waals surface area contributed by atoms with Gasteiger partial charge < -0.3 is 19.3 Å².